The lowest BCUT2D eigenvalue weighted by Crippen LogP contribution is -2.33. The highest BCUT2D eigenvalue weighted by atomic mass is 19.1. The van der Waals surface area contributed by atoms with Crippen molar-refractivity contribution in [2.75, 3.05) is 13.2 Å². The lowest BCUT2D eigenvalue weighted by molar-refractivity contribution is -0.121. The van der Waals surface area contributed by atoms with Crippen molar-refractivity contribution in [3.05, 3.63) is 35.1 Å². The van der Waals surface area contributed by atoms with Crippen LogP contribution in [0, 0.1) is 17.5 Å². The van der Waals surface area contributed by atoms with Gasteiger partial charge in [0.1, 0.15) is 17.5 Å². The Labute approximate surface area is 108 Å². The molecular formula is C13H14F3NO2. The number of ether oxygens (including phenoxy) is 1. The first-order chi connectivity index (χ1) is 9.06. The zero-order valence-electron chi connectivity index (χ0n) is 10.2. The molecular weight excluding hydrogens is 259 g/mol. The van der Waals surface area contributed by atoms with Crippen LogP contribution in [0.5, 0.6) is 0 Å². The summed E-state index contributed by atoms with van der Waals surface area (Å²) in [5.41, 5.74) is -0.425. The van der Waals surface area contributed by atoms with E-state index in [9.17, 15) is 18.0 Å². The summed E-state index contributed by atoms with van der Waals surface area (Å²) < 4.78 is 44.7. The number of amides is 1. The molecule has 1 fully saturated rings. The number of carbonyl (C=O) groups excluding carboxylic acids is 1. The average Bonchev–Trinajstić information content (AvgIpc) is 2.84. The molecule has 1 saturated heterocycles. The van der Waals surface area contributed by atoms with Crippen LogP contribution in [0.25, 0.3) is 0 Å². The minimum Gasteiger partial charge on any atom is -0.376 e. The molecule has 0 saturated carbocycles. The molecule has 3 nitrogen and oxygen atoms in total. The Balaban J connectivity index is 1.91. The highest BCUT2D eigenvalue weighted by molar-refractivity contribution is 5.78. The average molecular weight is 273 g/mol. The predicted octanol–water partition coefficient (Wildman–Crippen LogP) is 1.94. The van der Waals surface area contributed by atoms with Gasteiger partial charge in [0.15, 0.2) is 0 Å². The van der Waals surface area contributed by atoms with E-state index in [0.717, 1.165) is 12.8 Å². The number of rotatable bonds is 4. The fourth-order valence-electron chi connectivity index (χ4n) is 2.00. The van der Waals surface area contributed by atoms with E-state index in [2.05, 4.69) is 5.32 Å². The fourth-order valence-corrected chi connectivity index (χ4v) is 2.00. The van der Waals surface area contributed by atoms with E-state index in [4.69, 9.17) is 4.74 Å². The molecule has 0 aromatic heterocycles. The first-order valence-electron chi connectivity index (χ1n) is 6.08. The van der Waals surface area contributed by atoms with E-state index >= 15 is 0 Å². The van der Waals surface area contributed by atoms with Crippen LogP contribution in [0.3, 0.4) is 0 Å². The van der Waals surface area contributed by atoms with E-state index in [1.807, 2.05) is 0 Å². The summed E-state index contributed by atoms with van der Waals surface area (Å²) in [4.78, 5) is 11.6. The maximum atomic E-state index is 13.3. The summed E-state index contributed by atoms with van der Waals surface area (Å²) in [6, 6.07) is 1.12. The minimum absolute atomic E-state index is 0.0353. The highest BCUT2D eigenvalue weighted by Gasteiger charge is 2.18. The van der Waals surface area contributed by atoms with Crippen LogP contribution < -0.4 is 5.32 Å². The quantitative estimate of drug-likeness (QED) is 0.910. The molecule has 1 aliphatic rings. The van der Waals surface area contributed by atoms with Crippen LogP contribution in [0.15, 0.2) is 12.1 Å². The topological polar surface area (TPSA) is 38.3 Å². The zero-order valence-corrected chi connectivity index (χ0v) is 10.2. The van der Waals surface area contributed by atoms with Crippen LogP contribution in [0.1, 0.15) is 18.4 Å². The van der Waals surface area contributed by atoms with Gasteiger partial charge in [0.25, 0.3) is 0 Å². The normalized spacial score (nSPS) is 18.6. The van der Waals surface area contributed by atoms with Crippen molar-refractivity contribution in [2.45, 2.75) is 25.4 Å². The van der Waals surface area contributed by atoms with Crippen molar-refractivity contribution >= 4 is 5.91 Å². The van der Waals surface area contributed by atoms with Gasteiger partial charge in [-0.2, -0.15) is 0 Å². The molecule has 1 aromatic carbocycles. The number of nitrogens with one attached hydrogen (secondary N) is 1. The van der Waals surface area contributed by atoms with Crippen LogP contribution in [-0.2, 0) is 16.0 Å². The van der Waals surface area contributed by atoms with Gasteiger partial charge >= 0.3 is 0 Å². The Hall–Kier alpha value is -1.56. The SMILES string of the molecule is O=C(Cc1c(F)cc(F)cc1F)NCC1CCCO1. The number of hydrogen-bond donors (Lipinski definition) is 1. The van der Waals surface area contributed by atoms with Crippen molar-refractivity contribution < 1.29 is 22.7 Å². The van der Waals surface area contributed by atoms with Crippen LogP contribution in [-0.4, -0.2) is 25.2 Å². The maximum Gasteiger partial charge on any atom is 0.224 e. The standard InChI is InChI=1S/C13H14F3NO2/c14-8-4-11(15)10(12(16)5-8)6-13(18)17-7-9-2-1-3-19-9/h4-5,9H,1-3,6-7H2,(H,17,18). The molecule has 1 heterocycles. The zero-order chi connectivity index (χ0) is 13.8. The largest absolute Gasteiger partial charge is 0.376 e. The predicted molar refractivity (Wildman–Crippen MR) is 62.0 cm³/mol. The van der Waals surface area contributed by atoms with E-state index in [0.29, 0.717) is 25.3 Å². The lowest BCUT2D eigenvalue weighted by Gasteiger charge is -2.11. The molecule has 1 N–H and O–H groups in total. The molecule has 0 spiro atoms. The molecule has 6 heteroatoms. The molecule has 0 radical (unpaired) electrons. The Kier molecular flexibility index (Phi) is 4.42. The number of halogens is 3. The Morgan fingerprint density at radius 1 is 1.32 bits per heavy atom. The summed E-state index contributed by atoms with van der Waals surface area (Å²) in [6.45, 7) is 0.991. The van der Waals surface area contributed by atoms with E-state index in [1.165, 1.54) is 0 Å². The Bertz CT molecular complexity index is 450. The van der Waals surface area contributed by atoms with Gasteiger partial charge in [-0.05, 0) is 12.8 Å². The van der Waals surface area contributed by atoms with E-state index in [-0.39, 0.29) is 6.10 Å². The molecule has 2 rings (SSSR count). The molecule has 104 valence electrons. The summed E-state index contributed by atoms with van der Waals surface area (Å²) in [7, 11) is 0. The fraction of sp³-hybridized carbons (Fsp3) is 0.462. The second-order valence-electron chi connectivity index (χ2n) is 4.46. The first kappa shape index (κ1) is 13.9. The molecule has 1 unspecified atom stereocenters. The molecule has 1 aliphatic heterocycles. The van der Waals surface area contributed by atoms with Crippen molar-refractivity contribution in [2.24, 2.45) is 0 Å². The van der Waals surface area contributed by atoms with E-state index in [1.54, 1.807) is 0 Å². The van der Waals surface area contributed by atoms with Gasteiger partial charge in [-0.3, -0.25) is 4.79 Å². The molecule has 1 amide bonds. The van der Waals surface area contributed by atoms with Gasteiger partial charge in [0.2, 0.25) is 5.91 Å². The van der Waals surface area contributed by atoms with Gasteiger partial charge in [-0.25, -0.2) is 13.2 Å². The summed E-state index contributed by atoms with van der Waals surface area (Å²) >= 11 is 0. The monoisotopic (exact) mass is 273 g/mol. The minimum atomic E-state index is -1.05. The molecule has 0 bridgehead atoms. The van der Waals surface area contributed by atoms with Gasteiger partial charge < -0.3 is 10.1 Å². The van der Waals surface area contributed by atoms with E-state index < -0.39 is 35.3 Å². The first-order valence-corrected chi connectivity index (χ1v) is 6.08. The van der Waals surface area contributed by atoms with Gasteiger partial charge in [0, 0.05) is 30.8 Å². The number of carbonyl (C=O) groups is 1. The summed E-state index contributed by atoms with van der Waals surface area (Å²) in [5, 5.41) is 2.55. The highest BCUT2D eigenvalue weighted by Crippen LogP contribution is 2.15. The molecule has 1 aromatic rings. The molecule has 19 heavy (non-hydrogen) atoms. The second kappa shape index (κ2) is 6.06. The molecule has 0 aliphatic carbocycles. The van der Waals surface area contributed by atoms with Crippen LogP contribution in [0.2, 0.25) is 0 Å². The third-order valence-electron chi connectivity index (χ3n) is 2.99. The van der Waals surface area contributed by atoms with Crippen LogP contribution >= 0.6 is 0 Å². The van der Waals surface area contributed by atoms with Crippen LogP contribution in [0.4, 0.5) is 13.2 Å². The van der Waals surface area contributed by atoms with Crippen molar-refractivity contribution in [3.63, 3.8) is 0 Å². The summed E-state index contributed by atoms with van der Waals surface area (Å²) in [5.74, 6) is -3.62. The second-order valence-corrected chi connectivity index (χ2v) is 4.46. The van der Waals surface area contributed by atoms with Gasteiger partial charge in [-0.15, -0.1) is 0 Å². The lowest BCUT2D eigenvalue weighted by atomic mass is 10.1. The third-order valence-corrected chi connectivity index (χ3v) is 2.99. The van der Waals surface area contributed by atoms with Gasteiger partial charge in [0.05, 0.1) is 12.5 Å². The van der Waals surface area contributed by atoms with Gasteiger partial charge in [-0.1, -0.05) is 0 Å². The maximum absolute atomic E-state index is 13.3. The number of hydrogen-bond acceptors (Lipinski definition) is 2. The van der Waals surface area contributed by atoms with Crippen molar-refractivity contribution in [3.8, 4) is 0 Å². The Morgan fingerprint density at radius 2 is 2.00 bits per heavy atom. The van der Waals surface area contributed by atoms with Crippen molar-refractivity contribution in [1.29, 1.82) is 0 Å². The smallest absolute Gasteiger partial charge is 0.224 e. The van der Waals surface area contributed by atoms with Crippen molar-refractivity contribution in [1.82, 2.24) is 5.32 Å². The number of benzene rings is 1. The summed E-state index contributed by atoms with van der Waals surface area (Å²) in [6.07, 6.45) is 1.32. The molecule has 1 atom stereocenters. The third kappa shape index (κ3) is 3.70. The Morgan fingerprint density at radius 3 is 2.58 bits per heavy atom.